The highest BCUT2D eigenvalue weighted by atomic mass is 16.6. The Kier molecular flexibility index (Phi) is 22.2. The van der Waals surface area contributed by atoms with E-state index in [4.69, 9.17) is 9.47 Å². The first-order valence-corrected chi connectivity index (χ1v) is 24.8. The van der Waals surface area contributed by atoms with Gasteiger partial charge in [-0.3, -0.25) is 9.59 Å². The van der Waals surface area contributed by atoms with Crippen molar-refractivity contribution in [2.45, 2.75) is 227 Å². The van der Waals surface area contributed by atoms with Crippen LogP contribution in [-0.2, 0) is 19.1 Å². The number of carbonyl (C=O) groups is 2. The maximum atomic E-state index is 13.5. The van der Waals surface area contributed by atoms with Crippen molar-refractivity contribution in [2.24, 2.45) is 10.8 Å². The van der Waals surface area contributed by atoms with Crippen LogP contribution in [0.4, 0.5) is 0 Å². The van der Waals surface area contributed by atoms with Gasteiger partial charge in [-0.25, -0.2) is 0 Å². The summed E-state index contributed by atoms with van der Waals surface area (Å²) >= 11 is 0. The molecule has 2 saturated carbocycles. The Morgan fingerprint density at radius 1 is 0.703 bits per heavy atom. The standard InChI is InChI=1S/C58H88O6/c1-12-13-14-15-16-17-18-19-20-21-22-23-24-25-26-37-53(61)63-50-42-55(8,9)58(57(11,43-50)64-58)44-51(60)48(5)36-30-35-46(3)32-28-27-31-45(2)33-29-34-47(4)38-39-52-54(6,7)40-49(59)41-56(52,10)62/h19-20,27-36,38,49-50,59,62H,12-18,21-26,37,40-44H2,1-11H3/b20-19+,28-27+,33-29+,35-30+,45-31+,46-32+,47-34+,48-36+/t39?,49-,50-,56+,57+,58-/m0/s1. The zero-order valence-corrected chi connectivity index (χ0v) is 42.1. The zero-order valence-electron chi connectivity index (χ0n) is 42.1. The molecule has 3 aliphatic rings. The Labute approximate surface area is 390 Å². The van der Waals surface area contributed by atoms with Crippen molar-refractivity contribution in [3.8, 4) is 0 Å². The number of ether oxygens (including phenoxy) is 2. The molecule has 2 aliphatic carbocycles. The monoisotopic (exact) mass is 881 g/mol. The Hall–Kier alpha value is -3.54. The largest absolute Gasteiger partial charge is 0.462 e. The first-order valence-electron chi connectivity index (χ1n) is 24.8. The van der Waals surface area contributed by atoms with Gasteiger partial charge in [-0.2, -0.15) is 0 Å². The number of hydrogen-bond donors (Lipinski definition) is 2. The molecule has 2 N–H and O–H groups in total. The zero-order chi connectivity index (χ0) is 47.4. The van der Waals surface area contributed by atoms with E-state index in [0.717, 1.165) is 48.0 Å². The van der Waals surface area contributed by atoms with Gasteiger partial charge in [-0.15, -0.1) is 5.73 Å². The molecule has 1 heterocycles. The molecule has 6 nitrogen and oxygen atoms in total. The van der Waals surface area contributed by atoms with Crippen LogP contribution < -0.4 is 0 Å². The normalized spacial score (nSPS) is 27.4. The molecule has 356 valence electrons. The van der Waals surface area contributed by atoms with Crippen LogP contribution in [0.15, 0.2) is 113 Å². The van der Waals surface area contributed by atoms with Crippen LogP contribution in [0.25, 0.3) is 0 Å². The second-order valence-corrected chi connectivity index (χ2v) is 21.1. The predicted octanol–water partition coefficient (Wildman–Crippen LogP) is 14.7. The van der Waals surface area contributed by atoms with Crippen molar-refractivity contribution >= 4 is 11.8 Å². The van der Waals surface area contributed by atoms with Gasteiger partial charge in [0, 0.05) is 36.7 Å². The molecule has 6 heteroatoms. The quantitative estimate of drug-likeness (QED) is 0.0171. The fourth-order valence-corrected chi connectivity index (χ4v) is 10.1. The molecule has 0 aromatic rings. The summed E-state index contributed by atoms with van der Waals surface area (Å²) in [7, 11) is 0. The van der Waals surface area contributed by atoms with Crippen molar-refractivity contribution in [2.75, 3.05) is 0 Å². The van der Waals surface area contributed by atoms with Crippen LogP contribution in [0.2, 0.25) is 0 Å². The average molecular weight is 881 g/mol. The van der Waals surface area contributed by atoms with Crippen LogP contribution in [0.1, 0.15) is 198 Å². The van der Waals surface area contributed by atoms with E-state index >= 15 is 0 Å². The van der Waals surface area contributed by atoms with E-state index in [0.29, 0.717) is 44.1 Å². The van der Waals surface area contributed by atoms with E-state index < -0.39 is 22.9 Å². The van der Waals surface area contributed by atoms with Crippen LogP contribution >= 0.6 is 0 Å². The third-order valence-corrected chi connectivity index (χ3v) is 13.7. The fraction of sp³-hybridized carbons (Fsp3) is 0.638. The Balaban J connectivity index is 1.38. The van der Waals surface area contributed by atoms with E-state index in [-0.39, 0.29) is 28.7 Å². The molecule has 0 spiro atoms. The number of aliphatic hydroxyl groups is 2. The van der Waals surface area contributed by atoms with E-state index in [1.165, 1.54) is 57.8 Å². The minimum atomic E-state index is -1.08. The summed E-state index contributed by atoms with van der Waals surface area (Å²) in [6.45, 7) is 22.5. The summed E-state index contributed by atoms with van der Waals surface area (Å²) in [6, 6.07) is 0. The van der Waals surface area contributed by atoms with Gasteiger partial charge >= 0.3 is 5.97 Å². The summed E-state index contributed by atoms with van der Waals surface area (Å²) in [5, 5.41) is 21.1. The van der Waals surface area contributed by atoms with Gasteiger partial charge in [-0.05, 0) is 109 Å². The molecule has 5 atom stereocenters. The van der Waals surface area contributed by atoms with Crippen molar-refractivity contribution < 1.29 is 29.3 Å². The molecule has 0 aromatic carbocycles. The van der Waals surface area contributed by atoms with Crippen LogP contribution in [0.3, 0.4) is 0 Å². The highest BCUT2D eigenvalue weighted by molar-refractivity contribution is 5.96. The van der Waals surface area contributed by atoms with E-state index in [1.54, 1.807) is 6.92 Å². The molecule has 0 aromatic heterocycles. The SMILES string of the molecule is CCCCCCCC/C=C/CCCCCCCC(=O)O[C@H]1CC(C)(C)[C@]2(CC(=O)/C(C)=C/C=C/C(C)=C/C=C/C=C(C)/C=C/C=C(\C)C=C=C3C(C)(C)C[C@H](O)C[C@@]3(C)O)O[C@]2(C)C1. The van der Waals surface area contributed by atoms with Gasteiger partial charge in [0.05, 0.1) is 17.3 Å². The first kappa shape index (κ1) is 54.8. The number of allylic oxidation sites excluding steroid dienone is 16. The van der Waals surface area contributed by atoms with Crippen LogP contribution in [0.5, 0.6) is 0 Å². The van der Waals surface area contributed by atoms with Gasteiger partial charge in [0.25, 0.3) is 0 Å². The number of ketones is 1. The van der Waals surface area contributed by atoms with E-state index in [2.05, 4.69) is 45.6 Å². The van der Waals surface area contributed by atoms with Gasteiger partial charge in [0.2, 0.25) is 0 Å². The van der Waals surface area contributed by atoms with Gasteiger partial charge < -0.3 is 19.7 Å². The molecule has 3 fully saturated rings. The number of carbonyl (C=O) groups excluding carboxylic acids is 2. The fourth-order valence-electron chi connectivity index (χ4n) is 10.1. The number of rotatable bonds is 26. The number of hydrogen-bond acceptors (Lipinski definition) is 6. The Morgan fingerprint density at radius 3 is 1.83 bits per heavy atom. The molecule has 0 bridgehead atoms. The lowest BCUT2D eigenvalue weighted by molar-refractivity contribution is -0.153. The summed E-state index contributed by atoms with van der Waals surface area (Å²) in [5.74, 6) is -0.0332. The number of fused-ring (bicyclic) bond motifs is 1. The molecule has 3 rings (SSSR count). The number of unbranched alkanes of at least 4 members (excludes halogenated alkanes) is 11. The minimum absolute atomic E-state index is 0.0800. The van der Waals surface area contributed by atoms with Crippen molar-refractivity contribution in [3.05, 3.63) is 113 Å². The topological polar surface area (TPSA) is 96.4 Å². The maximum Gasteiger partial charge on any atom is 0.306 e. The van der Waals surface area contributed by atoms with Crippen molar-refractivity contribution in [3.63, 3.8) is 0 Å². The summed E-state index contributed by atoms with van der Waals surface area (Å²) in [6.07, 6.45) is 44.9. The molecule has 1 saturated heterocycles. The van der Waals surface area contributed by atoms with Crippen LogP contribution in [-0.4, -0.2) is 51.0 Å². The smallest absolute Gasteiger partial charge is 0.306 e. The summed E-state index contributed by atoms with van der Waals surface area (Å²) in [4.78, 5) is 26.4. The molecular formula is C58H88O6. The highest BCUT2D eigenvalue weighted by Crippen LogP contribution is 2.67. The second kappa shape index (κ2) is 26.0. The number of aliphatic hydroxyl groups excluding tert-OH is 1. The highest BCUT2D eigenvalue weighted by Gasteiger charge is 2.76. The maximum absolute atomic E-state index is 13.5. The Bertz CT molecular complexity index is 1830. The molecular weight excluding hydrogens is 793 g/mol. The van der Waals surface area contributed by atoms with Crippen molar-refractivity contribution in [1.82, 2.24) is 0 Å². The lowest BCUT2D eigenvalue weighted by atomic mass is 9.61. The number of Topliss-reactive ketones (excluding diaryl/α,β-unsaturated/α-hetero) is 1. The van der Waals surface area contributed by atoms with Crippen molar-refractivity contribution in [1.29, 1.82) is 0 Å². The van der Waals surface area contributed by atoms with Gasteiger partial charge in [-0.1, -0.05) is 170 Å². The minimum Gasteiger partial charge on any atom is -0.462 e. The number of epoxide rings is 1. The molecule has 0 unspecified atom stereocenters. The predicted molar refractivity (Wildman–Crippen MR) is 268 cm³/mol. The number of esters is 1. The summed E-state index contributed by atoms with van der Waals surface area (Å²) < 4.78 is 12.5. The Morgan fingerprint density at radius 2 is 1.25 bits per heavy atom. The van der Waals surface area contributed by atoms with E-state index in [9.17, 15) is 19.8 Å². The van der Waals surface area contributed by atoms with Crippen LogP contribution in [0, 0.1) is 10.8 Å². The first-order chi connectivity index (χ1) is 30.2. The summed E-state index contributed by atoms with van der Waals surface area (Å²) in [5.41, 5.74) is 5.27. The molecule has 0 radical (unpaired) electrons. The van der Waals surface area contributed by atoms with Gasteiger partial charge in [0.15, 0.2) is 5.78 Å². The third-order valence-electron chi connectivity index (χ3n) is 13.7. The molecule has 1 aliphatic heterocycles. The molecule has 0 amide bonds. The second-order valence-electron chi connectivity index (χ2n) is 21.1. The van der Waals surface area contributed by atoms with E-state index in [1.807, 2.05) is 108 Å². The molecule has 64 heavy (non-hydrogen) atoms. The lowest BCUT2D eigenvalue weighted by Crippen LogP contribution is -2.49. The van der Waals surface area contributed by atoms with Gasteiger partial charge in [0.1, 0.15) is 11.7 Å². The third kappa shape index (κ3) is 17.7. The average Bonchev–Trinajstić information content (AvgIpc) is 3.81. The lowest BCUT2D eigenvalue weighted by Gasteiger charge is -2.43.